The average molecular weight is 267 g/mol. The molecule has 0 saturated carbocycles. The zero-order chi connectivity index (χ0) is 13.8. The highest BCUT2D eigenvalue weighted by Gasteiger charge is 2.38. The second-order valence-electron chi connectivity index (χ2n) is 6.11. The van der Waals surface area contributed by atoms with Crippen LogP contribution in [0.2, 0.25) is 0 Å². The number of nitrogens with zero attached hydrogens (tertiary/aromatic N) is 2. The molecular formula is C15H29N3O. The van der Waals surface area contributed by atoms with E-state index in [1.165, 1.54) is 13.0 Å². The van der Waals surface area contributed by atoms with Crippen molar-refractivity contribution in [3.8, 4) is 0 Å². The maximum absolute atomic E-state index is 12.5. The van der Waals surface area contributed by atoms with Gasteiger partial charge in [-0.05, 0) is 31.7 Å². The summed E-state index contributed by atoms with van der Waals surface area (Å²) in [6.45, 7) is 10.8. The van der Waals surface area contributed by atoms with E-state index in [0.29, 0.717) is 17.9 Å². The molecule has 1 amide bonds. The summed E-state index contributed by atoms with van der Waals surface area (Å²) in [5.74, 6) is 0.779. The van der Waals surface area contributed by atoms with Crippen LogP contribution in [0, 0.1) is 5.92 Å². The second-order valence-corrected chi connectivity index (χ2v) is 6.11. The van der Waals surface area contributed by atoms with Gasteiger partial charge in [-0.3, -0.25) is 10.1 Å². The molecule has 2 atom stereocenters. The van der Waals surface area contributed by atoms with Gasteiger partial charge in [0.25, 0.3) is 0 Å². The Bertz CT molecular complexity index is 300. The summed E-state index contributed by atoms with van der Waals surface area (Å²) < 4.78 is 0. The highest BCUT2D eigenvalue weighted by Crippen LogP contribution is 2.22. The highest BCUT2D eigenvalue weighted by atomic mass is 16.2. The Balaban J connectivity index is 1.85. The fourth-order valence-corrected chi connectivity index (χ4v) is 3.30. The monoisotopic (exact) mass is 267 g/mol. The number of rotatable bonds is 5. The predicted molar refractivity (Wildman–Crippen MR) is 77.8 cm³/mol. The quantitative estimate of drug-likeness (QED) is 0.823. The van der Waals surface area contributed by atoms with Crippen molar-refractivity contribution in [3.05, 3.63) is 0 Å². The summed E-state index contributed by atoms with van der Waals surface area (Å²) in [6.07, 6.45) is 4.57. The van der Waals surface area contributed by atoms with Gasteiger partial charge in [0.05, 0.1) is 12.7 Å². The van der Waals surface area contributed by atoms with Crippen molar-refractivity contribution in [1.82, 2.24) is 15.1 Å². The first-order valence-corrected chi connectivity index (χ1v) is 7.93. The molecule has 110 valence electrons. The molecule has 2 aliphatic rings. The van der Waals surface area contributed by atoms with Crippen LogP contribution in [-0.4, -0.2) is 54.1 Å². The fraction of sp³-hybridized carbons (Fsp3) is 0.933. The van der Waals surface area contributed by atoms with E-state index in [-0.39, 0.29) is 6.04 Å². The van der Waals surface area contributed by atoms with E-state index < -0.39 is 0 Å². The van der Waals surface area contributed by atoms with Crippen molar-refractivity contribution < 1.29 is 4.79 Å². The molecule has 2 fully saturated rings. The van der Waals surface area contributed by atoms with Crippen LogP contribution in [-0.2, 0) is 4.79 Å². The van der Waals surface area contributed by atoms with Gasteiger partial charge in [-0.25, -0.2) is 0 Å². The van der Waals surface area contributed by atoms with Gasteiger partial charge >= 0.3 is 0 Å². The van der Waals surface area contributed by atoms with Crippen molar-refractivity contribution in [2.24, 2.45) is 5.92 Å². The molecule has 1 N–H and O–H groups in total. The molecule has 2 saturated heterocycles. The molecule has 0 spiro atoms. The maximum atomic E-state index is 12.5. The molecular weight excluding hydrogens is 238 g/mol. The first kappa shape index (κ1) is 14.8. The van der Waals surface area contributed by atoms with Gasteiger partial charge < -0.3 is 9.80 Å². The van der Waals surface area contributed by atoms with Gasteiger partial charge in [0, 0.05) is 19.1 Å². The molecule has 0 aliphatic carbocycles. The lowest BCUT2D eigenvalue weighted by molar-refractivity contribution is -0.132. The molecule has 0 radical (unpaired) electrons. The molecule has 2 aliphatic heterocycles. The number of carbonyl (C=O) groups excluding carboxylic acids is 1. The van der Waals surface area contributed by atoms with E-state index >= 15 is 0 Å². The number of hydrogen-bond acceptors (Lipinski definition) is 3. The third kappa shape index (κ3) is 3.29. The Morgan fingerprint density at radius 1 is 1.32 bits per heavy atom. The SMILES string of the molecule is CCCN1CCC(N2CNC(C(C)CC)C2=O)CC1. The number of likely N-dealkylation sites (tertiary alicyclic amines) is 1. The van der Waals surface area contributed by atoms with E-state index in [0.717, 1.165) is 39.0 Å². The Morgan fingerprint density at radius 2 is 2.00 bits per heavy atom. The summed E-state index contributed by atoms with van der Waals surface area (Å²) in [5, 5.41) is 3.40. The van der Waals surface area contributed by atoms with Crippen LogP contribution in [0.15, 0.2) is 0 Å². The Hall–Kier alpha value is -0.610. The standard InChI is InChI=1S/C15H29N3O/c1-4-8-17-9-6-13(7-10-17)18-11-16-14(15(18)19)12(3)5-2/h12-14,16H,4-11H2,1-3H3. The summed E-state index contributed by atoms with van der Waals surface area (Å²) in [7, 11) is 0. The molecule has 4 heteroatoms. The summed E-state index contributed by atoms with van der Waals surface area (Å²) >= 11 is 0. The number of hydrogen-bond donors (Lipinski definition) is 1. The molecule has 0 bridgehead atoms. The molecule has 4 nitrogen and oxygen atoms in total. The maximum Gasteiger partial charge on any atom is 0.241 e. The van der Waals surface area contributed by atoms with Gasteiger partial charge in [0.15, 0.2) is 0 Å². The molecule has 2 heterocycles. The van der Waals surface area contributed by atoms with Gasteiger partial charge in [-0.15, -0.1) is 0 Å². The Kier molecular flexibility index (Phi) is 5.22. The number of carbonyl (C=O) groups is 1. The fourth-order valence-electron chi connectivity index (χ4n) is 3.30. The van der Waals surface area contributed by atoms with Crippen molar-refractivity contribution in [2.45, 2.75) is 58.5 Å². The third-order valence-electron chi connectivity index (χ3n) is 4.78. The van der Waals surface area contributed by atoms with Crippen molar-refractivity contribution in [1.29, 1.82) is 0 Å². The normalized spacial score (nSPS) is 28.1. The van der Waals surface area contributed by atoms with E-state index in [2.05, 4.69) is 35.9 Å². The smallest absolute Gasteiger partial charge is 0.241 e. The van der Waals surface area contributed by atoms with Crippen molar-refractivity contribution >= 4 is 5.91 Å². The van der Waals surface area contributed by atoms with Crippen LogP contribution in [0.4, 0.5) is 0 Å². The second kappa shape index (κ2) is 6.71. The van der Waals surface area contributed by atoms with E-state index in [9.17, 15) is 4.79 Å². The highest BCUT2D eigenvalue weighted by molar-refractivity contribution is 5.84. The topological polar surface area (TPSA) is 35.6 Å². The third-order valence-corrected chi connectivity index (χ3v) is 4.78. The Labute approximate surface area is 117 Å². The first-order valence-electron chi connectivity index (χ1n) is 7.93. The summed E-state index contributed by atoms with van der Waals surface area (Å²) in [5.41, 5.74) is 0. The lowest BCUT2D eigenvalue weighted by Crippen LogP contribution is -2.47. The molecule has 0 aromatic rings. The average Bonchev–Trinajstić information content (AvgIpc) is 2.81. The summed E-state index contributed by atoms with van der Waals surface area (Å²) in [4.78, 5) is 17.1. The van der Waals surface area contributed by atoms with Crippen LogP contribution in [0.1, 0.15) is 46.5 Å². The van der Waals surface area contributed by atoms with Crippen molar-refractivity contribution in [3.63, 3.8) is 0 Å². The van der Waals surface area contributed by atoms with Crippen LogP contribution in [0.25, 0.3) is 0 Å². The Morgan fingerprint density at radius 3 is 2.58 bits per heavy atom. The van der Waals surface area contributed by atoms with Crippen LogP contribution in [0.5, 0.6) is 0 Å². The molecule has 2 rings (SSSR count). The van der Waals surface area contributed by atoms with Crippen LogP contribution in [0.3, 0.4) is 0 Å². The zero-order valence-corrected chi connectivity index (χ0v) is 12.7. The predicted octanol–water partition coefficient (Wildman–Crippen LogP) is 1.66. The number of piperidine rings is 1. The lowest BCUT2D eigenvalue weighted by atomic mass is 9.98. The minimum absolute atomic E-state index is 0.0543. The molecule has 0 aromatic carbocycles. The molecule has 0 aromatic heterocycles. The van der Waals surface area contributed by atoms with E-state index in [1.54, 1.807) is 0 Å². The van der Waals surface area contributed by atoms with Crippen molar-refractivity contribution in [2.75, 3.05) is 26.3 Å². The molecule has 19 heavy (non-hydrogen) atoms. The van der Waals surface area contributed by atoms with Gasteiger partial charge in [-0.1, -0.05) is 27.2 Å². The van der Waals surface area contributed by atoms with Crippen LogP contribution >= 0.6 is 0 Å². The van der Waals surface area contributed by atoms with E-state index in [4.69, 9.17) is 0 Å². The largest absolute Gasteiger partial charge is 0.325 e. The van der Waals surface area contributed by atoms with E-state index in [1.807, 2.05) is 0 Å². The lowest BCUT2D eigenvalue weighted by Gasteiger charge is -2.36. The minimum Gasteiger partial charge on any atom is -0.325 e. The van der Waals surface area contributed by atoms with Crippen LogP contribution < -0.4 is 5.32 Å². The number of amides is 1. The summed E-state index contributed by atoms with van der Waals surface area (Å²) in [6, 6.07) is 0.515. The first-order chi connectivity index (χ1) is 9.17. The zero-order valence-electron chi connectivity index (χ0n) is 12.7. The van der Waals surface area contributed by atoms with Gasteiger partial charge in [-0.2, -0.15) is 0 Å². The van der Waals surface area contributed by atoms with Gasteiger partial charge in [0.2, 0.25) is 5.91 Å². The van der Waals surface area contributed by atoms with Gasteiger partial charge in [0.1, 0.15) is 0 Å². The number of nitrogens with one attached hydrogen (secondary N) is 1. The molecule has 2 unspecified atom stereocenters. The minimum atomic E-state index is 0.0543.